The van der Waals surface area contributed by atoms with Gasteiger partial charge in [0, 0.05) is 12.7 Å². The van der Waals surface area contributed by atoms with Gasteiger partial charge in [0.15, 0.2) is 0 Å². The number of anilines is 1. The number of carbonyl (C=O) groups excluding carboxylic acids is 1. The fraction of sp³-hybridized carbons (Fsp3) is 0.200. The van der Waals surface area contributed by atoms with E-state index in [-0.39, 0.29) is 11.8 Å². The molecule has 2 amide bonds. The van der Waals surface area contributed by atoms with Crippen LogP contribution in [0.4, 0.5) is 15.0 Å². The lowest BCUT2D eigenvalue weighted by Gasteiger charge is -2.08. The van der Waals surface area contributed by atoms with Crippen LogP contribution in [0.2, 0.25) is 0 Å². The molecule has 0 unspecified atom stereocenters. The van der Waals surface area contributed by atoms with E-state index >= 15 is 0 Å². The number of aromatic nitrogens is 1. The number of benzene rings is 1. The summed E-state index contributed by atoms with van der Waals surface area (Å²) in [5.74, 6) is 0.289. The Morgan fingerprint density at radius 2 is 2.00 bits per heavy atom. The molecule has 1 aromatic heterocycles. The van der Waals surface area contributed by atoms with E-state index in [0.717, 1.165) is 11.1 Å². The zero-order chi connectivity index (χ0) is 14.4. The van der Waals surface area contributed by atoms with E-state index in [1.807, 2.05) is 19.1 Å². The molecule has 2 rings (SSSR count). The number of halogens is 1. The molecule has 4 nitrogen and oxygen atoms in total. The highest BCUT2D eigenvalue weighted by Gasteiger charge is 2.04. The van der Waals surface area contributed by atoms with Crippen molar-refractivity contribution >= 4 is 11.8 Å². The highest BCUT2D eigenvalue weighted by Crippen LogP contribution is 2.08. The van der Waals surface area contributed by atoms with Gasteiger partial charge in [-0.1, -0.05) is 18.2 Å². The maximum absolute atomic E-state index is 12.7. The normalized spacial score (nSPS) is 10.1. The highest BCUT2D eigenvalue weighted by atomic mass is 19.1. The lowest BCUT2D eigenvalue weighted by molar-refractivity contribution is 0.252. The van der Waals surface area contributed by atoms with Crippen LogP contribution in [0, 0.1) is 12.7 Å². The zero-order valence-electron chi connectivity index (χ0n) is 11.2. The summed E-state index contributed by atoms with van der Waals surface area (Å²) in [7, 11) is 0. The average molecular weight is 273 g/mol. The number of urea groups is 1. The number of nitrogens with one attached hydrogen (secondary N) is 2. The standard InChI is InChI=1S/C15H16FN3O/c1-11-3-2-9-17-14(11)19-15(20)18-10-8-12-4-6-13(16)7-5-12/h2-7,9H,8,10H2,1H3,(H2,17,18,19,20). The van der Waals surface area contributed by atoms with E-state index in [1.165, 1.54) is 12.1 Å². The molecular formula is C15H16FN3O. The second-order valence-electron chi connectivity index (χ2n) is 4.43. The van der Waals surface area contributed by atoms with Crippen molar-refractivity contribution in [2.24, 2.45) is 0 Å². The molecule has 0 fully saturated rings. The molecule has 1 aromatic carbocycles. The van der Waals surface area contributed by atoms with Gasteiger partial charge in [0.25, 0.3) is 0 Å². The predicted octanol–water partition coefficient (Wildman–Crippen LogP) is 2.89. The van der Waals surface area contributed by atoms with Crippen LogP contribution < -0.4 is 10.6 Å². The molecule has 1 heterocycles. The van der Waals surface area contributed by atoms with E-state index in [1.54, 1.807) is 18.3 Å². The van der Waals surface area contributed by atoms with Gasteiger partial charge in [0.1, 0.15) is 11.6 Å². The summed E-state index contributed by atoms with van der Waals surface area (Å²) in [6.45, 7) is 2.35. The fourth-order valence-electron chi connectivity index (χ4n) is 1.74. The summed E-state index contributed by atoms with van der Waals surface area (Å²) in [4.78, 5) is 15.8. The number of nitrogens with zero attached hydrogens (tertiary/aromatic N) is 1. The first kappa shape index (κ1) is 14.0. The van der Waals surface area contributed by atoms with Crippen molar-refractivity contribution in [3.05, 3.63) is 59.5 Å². The molecule has 0 aliphatic carbocycles. The van der Waals surface area contributed by atoms with E-state index in [0.29, 0.717) is 18.8 Å². The first-order valence-electron chi connectivity index (χ1n) is 6.36. The number of aryl methyl sites for hydroxylation is 1. The lowest BCUT2D eigenvalue weighted by Crippen LogP contribution is -2.31. The van der Waals surface area contributed by atoms with Gasteiger partial charge >= 0.3 is 6.03 Å². The molecule has 0 saturated heterocycles. The van der Waals surface area contributed by atoms with Gasteiger partial charge in [-0.15, -0.1) is 0 Å². The minimum absolute atomic E-state index is 0.259. The van der Waals surface area contributed by atoms with Gasteiger partial charge in [-0.25, -0.2) is 14.2 Å². The van der Waals surface area contributed by atoms with Gasteiger partial charge < -0.3 is 5.32 Å². The van der Waals surface area contributed by atoms with Gasteiger partial charge in [0.2, 0.25) is 0 Å². The Bertz CT molecular complexity index is 584. The molecule has 5 heteroatoms. The summed E-state index contributed by atoms with van der Waals surface area (Å²) in [6.07, 6.45) is 2.27. The number of pyridine rings is 1. The Hall–Kier alpha value is -2.43. The van der Waals surface area contributed by atoms with Crippen LogP contribution in [0.15, 0.2) is 42.6 Å². The molecule has 0 saturated carbocycles. The third kappa shape index (κ3) is 4.05. The van der Waals surface area contributed by atoms with Crippen molar-refractivity contribution in [3.63, 3.8) is 0 Å². The Balaban J connectivity index is 1.78. The second-order valence-corrected chi connectivity index (χ2v) is 4.43. The third-order valence-corrected chi connectivity index (χ3v) is 2.85. The van der Waals surface area contributed by atoms with Gasteiger partial charge in [0.05, 0.1) is 0 Å². The lowest BCUT2D eigenvalue weighted by atomic mass is 10.1. The van der Waals surface area contributed by atoms with Crippen LogP contribution in [0.3, 0.4) is 0 Å². The first-order chi connectivity index (χ1) is 9.65. The zero-order valence-corrected chi connectivity index (χ0v) is 11.2. The molecule has 2 aromatic rings. The van der Waals surface area contributed by atoms with Crippen LogP contribution in [-0.4, -0.2) is 17.6 Å². The maximum Gasteiger partial charge on any atom is 0.320 e. The van der Waals surface area contributed by atoms with E-state index in [2.05, 4.69) is 15.6 Å². The Labute approximate surface area is 117 Å². The van der Waals surface area contributed by atoms with Crippen molar-refractivity contribution < 1.29 is 9.18 Å². The molecule has 0 spiro atoms. The van der Waals surface area contributed by atoms with Crippen molar-refractivity contribution in [1.82, 2.24) is 10.3 Å². The van der Waals surface area contributed by atoms with Crippen molar-refractivity contribution in [1.29, 1.82) is 0 Å². The molecule has 0 atom stereocenters. The van der Waals surface area contributed by atoms with Gasteiger partial charge in [-0.2, -0.15) is 0 Å². The van der Waals surface area contributed by atoms with Crippen LogP contribution >= 0.6 is 0 Å². The van der Waals surface area contributed by atoms with E-state index < -0.39 is 0 Å². The number of amides is 2. The predicted molar refractivity (Wildman–Crippen MR) is 76.1 cm³/mol. The second kappa shape index (κ2) is 6.65. The molecule has 0 bridgehead atoms. The van der Waals surface area contributed by atoms with Crippen molar-refractivity contribution in [3.8, 4) is 0 Å². The van der Waals surface area contributed by atoms with Crippen LogP contribution in [0.1, 0.15) is 11.1 Å². The van der Waals surface area contributed by atoms with Crippen LogP contribution in [0.5, 0.6) is 0 Å². The highest BCUT2D eigenvalue weighted by molar-refractivity contribution is 5.88. The first-order valence-corrected chi connectivity index (χ1v) is 6.36. The number of hydrogen-bond acceptors (Lipinski definition) is 2. The van der Waals surface area contributed by atoms with Crippen molar-refractivity contribution in [2.45, 2.75) is 13.3 Å². The largest absolute Gasteiger partial charge is 0.337 e. The minimum Gasteiger partial charge on any atom is -0.337 e. The average Bonchev–Trinajstić information content (AvgIpc) is 2.44. The van der Waals surface area contributed by atoms with Gasteiger partial charge in [-0.3, -0.25) is 5.32 Å². The summed E-state index contributed by atoms with van der Waals surface area (Å²) in [6, 6.07) is 9.62. The third-order valence-electron chi connectivity index (χ3n) is 2.85. The summed E-state index contributed by atoms with van der Waals surface area (Å²) in [5, 5.41) is 5.42. The quantitative estimate of drug-likeness (QED) is 0.900. The maximum atomic E-state index is 12.7. The summed E-state index contributed by atoms with van der Waals surface area (Å²) in [5.41, 5.74) is 1.88. The SMILES string of the molecule is Cc1cccnc1NC(=O)NCCc1ccc(F)cc1. The Morgan fingerprint density at radius 1 is 1.25 bits per heavy atom. The van der Waals surface area contributed by atoms with Crippen LogP contribution in [-0.2, 0) is 6.42 Å². The number of rotatable bonds is 4. The summed E-state index contributed by atoms with van der Waals surface area (Å²) >= 11 is 0. The van der Waals surface area contributed by atoms with E-state index in [9.17, 15) is 9.18 Å². The molecule has 0 radical (unpaired) electrons. The number of hydrogen-bond donors (Lipinski definition) is 2. The smallest absolute Gasteiger partial charge is 0.320 e. The molecule has 2 N–H and O–H groups in total. The van der Waals surface area contributed by atoms with Gasteiger partial charge in [-0.05, 0) is 42.7 Å². The van der Waals surface area contributed by atoms with Crippen LogP contribution in [0.25, 0.3) is 0 Å². The molecule has 0 aliphatic heterocycles. The number of carbonyl (C=O) groups is 1. The molecule has 20 heavy (non-hydrogen) atoms. The Morgan fingerprint density at radius 3 is 2.70 bits per heavy atom. The monoisotopic (exact) mass is 273 g/mol. The van der Waals surface area contributed by atoms with E-state index in [4.69, 9.17) is 0 Å². The minimum atomic E-state index is -0.297. The van der Waals surface area contributed by atoms with Crippen molar-refractivity contribution in [2.75, 3.05) is 11.9 Å². The molecule has 104 valence electrons. The Kier molecular flexibility index (Phi) is 4.65. The summed E-state index contributed by atoms with van der Waals surface area (Å²) < 4.78 is 12.7. The topological polar surface area (TPSA) is 54.0 Å². The molecular weight excluding hydrogens is 257 g/mol. The fourth-order valence-corrected chi connectivity index (χ4v) is 1.74. The molecule has 0 aliphatic rings.